The van der Waals surface area contributed by atoms with Crippen LogP contribution in [0.2, 0.25) is 0 Å². The molecule has 35 heavy (non-hydrogen) atoms. The molecule has 1 aliphatic rings. The number of nitrogens with zero attached hydrogens (tertiary/aromatic N) is 1. The lowest BCUT2D eigenvalue weighted by Gasteiger charge is -2.25. The Morgan fingerprint density at radius 3 is 2.23 bits per heavy atom. The maximum Gasteiger partial charge on any atom is 0.300 e. The van der Waals surface area contributed by atoms with Gasteiger partial charge in [-0.25, -0.2) is 0 Å². The molecule has 1 heterocycles. The largest absolute Gasteiger partial charge is 0.508 e. The lowest BCUT2D eigenvalue weighted by Crippen LogP contribution is -2.29. The van der Waals surface area contributed by atoms with E-state index in [1.54, 1.807) is 60.7 Å². The number of aromatic hydroxyl groups is 1. The van der Waals surface area contributed by atoms with E-state index in [-0.39, 0.29) is 17.1 Å². The summed E-state index contributed by atoms with van der Waals surface area (Å²) in [6.07, 6.45) is 0. The highest BCUT2D eigenvalue weighted by atomic mass is 16.5. The normalized spacial score (nSPS) is 17.1. The summed E-state index contributed by atoms with van der Waals surface area (Å²) in [5, 5.41) is 21.3. The lowest BCUT2D eigenvalue weighted by atomic mass is 9.95. The number of rotatable bonds is 7. The minimum absolute atomic E-state index is 0.0185. The van der Waals surface area contributed by atoms with E-state index in [2.05, 4.69) is 0 Å². The van der Waals surface area contributed by atoms with E-state index in [1.807, 2.05) is 13.8 Å². The monoisotopic (exact) mass is 473 g/mol. The molecule has 7 nitrogen and oxygen atoms in total. The van der Waals surface area contributed by atoms with Gasteiger partial charge in [-0.05, 0) is 72.1 Å². The first-order chi connectivity index (χ1) is 16.8. The van der Waals surface area contributed by atoms with Crippen LogP contribution in [0.15, 0.2) is 78.4 Å². The van der Waals surface area contributed by atoms with Crippen molar-refractivity contribution >= 4 is 23.1 Å². The third-order valence-corrected chi connectivity index (χ3v) is 5.69. The topological polar surface area (TPSA) is 96.3 Å². The SMILES string of the molecule is COc1ccc(/C(O)=C2/C(=O)C(=O)N(c3ccc(OCC(C)C)cc3)C2c2cccc(O)c2)cc1. The van der Waals surface area contributed by atoms with E-state index in [1.165, 1.54) is 24.1 Å². The third kappa shape index (κ3) is 4.84. The van der Waals surface area contributed by atoms with Gasteiger partial charge in [0.05, 0.1) is 25.3 Å². The number of ketones is 1. The number of hydrogen-bond acceptors (Lipinski definition) is 6. The fraction of sp³-hybridized carbons (Fsp3) is 0.214. The van der Waals surface area contributed by atoms with Crippen LogP contribution in [0.1, 0.15) is 31.0 Å². The Balaban J connectivity index is 1.81. The van der Waals surface area contributed by atoms with Gasteiger partial charge in [-0.3, -0.25) is 14.5 Å². The Labute approximate surface area is 203 Å². The fourth-order valence-electron chi connectivity index (χ4n) is 3.98. The van der Waals surface area contributed by atoms with Crippen LogP contribution in [0.4, 0.5) is 5.69 Å². The van der Waals surface area contributed by atoms with Gasteiger partial charge in [-0.15, -0.1) is 0 Å². The predicted octanol–water partition coefficient (Wildman–Crippen LogP) is 5.06. The molecule has 0 aliphatic carbocycles. The molecule has 0 radical (unpaired) electrons. The van der Waals surface area contributed by atoms with Crippen molar-refractivity contribution in [1.29, 1.82) is 0 Å². The standard InChI is InChI=1S/C28H27NO6/c1-17(2)16-35-23-13-9-20(10-14-23)29-25(19-5-4-6-21(30)15-19)24(27(32)28(29)33)26(31)18-7-11-22(34-3)12-8-18/h4-15,17,25,30-31H,16H2,1-3H3/b26-24-. The highest BCUT2D eigenvalue weighted by molar-refractivity contribution is 6.51. The number of carbonyl (C=O) groups excluding carboxylic acids is 2. The molecule has 1 amide bonds. The van der Waals surface area contributed by atoms with Crippen LogP contribution in [-0.4, -0.2) is 35.6 Å². The Morgan fingerprint density at radius 2 is 1.63 bits per heavy atom. The number of benzene rings is 3. The zero-order valence-electron chi connectivity index (χ0n) is 19.8. The van der Waals surface area contributed by atoms with Crippen molar-refractivity contribution in [1.82, 2.24) is 0 Å². The number of methoxy groups -OCH3 is 1. The number of ether oxygens (including phenoxy) is 2. The first-order valence-corrected chi connectivity index (χ1v) is 11.3. The highest BCUT2D eigenvalue weighted by Gasteiger charge is 2.47. The summed E-state index contributed by atoms with van der Waals surface area (Å²) in [6, 6.07) is 18.8. The molecule has 3 aromatic carbocycles. The second-order valence-corrected chi connectivity index (χ2v) is 8.69. The third-order valence-electron chi connectivity index (χ3n) is 5.69. The Kier molecular flexibility index (Phi) is 6.78. The summed E-state index contributed by atoms with van der Waals surface area (Å²) >= 11 is 0. The van der Waals surface area contributed by atoms with E-state index in [4.69, 9.17) is 9.47 Å². The van der Waals surface area contributed by atoms with Gasteiger partial charge in [0, 0.05) is 11.3 Å². The number of aliphatic hydroxyl groups is 1. The number of phenols is 1. The summed E-state index contributed by atoms with van der Waals surface area (Å²) in [7, 11) is 1.53. The zero-order chi connectivity index (χ0) is 25.1. The van der Waals surface area contributed by atoms with Crippen molar-refractivity contribution < 1.29 is 29.3 Å². The molecule has 1 unspecified atom stereocenters. The fourth-order valence-corrected chi connectivity index (χ4v) is 3.98. The van der Waals surface area contributed by atoms with Crippen molar-refractivity contribution in [3.63, 3.8) is 0 Å². The molecule has 180 valence electrons. The van der Waals surface area contributed by atoms with E-state index in [9.17, 15) is 19.8 Å². The molecule has 1 atom stereocenters. The molecule has 3 aromatic rings. The maximum absolute atomic E-state index is 13.2. The second kappa shape index (κ2) is 9.93. The van der Waals surface area contributed by atoms with Crippen molar-refractivity contribution in [3.05, 3.63) is 89.5 Å². The van der Waals surface area contributed by atoms with Crippen LogP contribution in [0.3, 0.4) is 0 Å². The van der Waals surface area contributed by atoms with E-state index in [0.717, 1.165) is 0 Å². The van der Waals surface area contributed by atoms with Crippen LogP contribution in [0, 0.1) is 5.92 Å². The molecule has 0 bridgehead atoms. The van der Waals surface area contributed by atoms with Crippen LogP contribution >= 0.6 is 0 Å². The predicted molar refractivity (Wildman–Crippen MR) is 133 cm³/mol. The Morgan fingerprint density at radius 1 is 0.971 bits per heavy atom. The number of amides is 1. The molecule has 2 N–H and O–H groups in total. The van der Waals surface area contributed by atoms with Gasteiger partial charge in [0.2, 0.25) is 0 Å². The van der Waals surface area contributed by atoms with Crippen LogP contribution in [0.5, 0.6) is 17.2 Å². The van der Waals surface area contributed by atoms with Crippen molar-refractivity contribution in [3.8, 4) is 17.2 Å². The van der Waals surface area contributed by atoms with Gasteiger partial charge in [0.25, 0.3) is 11.7 Å². The van der Waals surface area contributed by atoms with Crippen LogP contribution in [0.25, 0.3) is 5.76 Å². The number of Topliss-reactive ketones (excluding diaryl/α,β-unsaturated/α-hetero) is 1. The van der Waals surface area contributed by atoms with Gasteiger partial charge in [-0.1, -0.05) is 26.0 Å². The zero-order valence-corrected chi connectivity index (χ0v) is 19.8. The van der Waals surface area contributed by atoms with Crippen LogP contribution < -0.4 is 14.4 Å². The molecule has 0 saturated carbocycles. The molecule has 1 fully saturated rings. The average molecular weight is 474 g/mol. The van der Waals surface area contributed by atoms with Gasteiger partial charge in [-0.2, -0.15) is 0 Å². The van der Waals surface area contributed by atoms with Gasteiger partial charge in [0.1, 0.15) is 23.0 Å². The summed E-state index contributed by atoms with van der Waals surface area (Å²) in [4.78, 5) is 27.8. The number of hydrogen-bond donors (Lipinski definition) is 2. The highest BCUT2D eigenvalue weighted by Crippen LogP contribution is 2.43. The Bertz CT molecular complexity index is 1260. The molecular formula is C28H27NO6. The first kappa shape index (κ1) is 23.9. The average Bonchev–Trinajstić information content (AvgIpc) is 3.13. The Hall–Kier alpha value is -4.26. The minimum atomic E-state index is -0.938. The van der Waals surface area contributed by atoms with Crippen molar-refractivity contribution in [2.75, 3.05) is 18.6 Å². The number of carbonyl (C=O) groups is 2. The summed E-state index contributed by atoms with van der Waals surface area (Å²) in [5.41, 5.74) is 1.25. The molecule has 0 spiro atoms. The molecule has 1 aliphatic heterocycles. The maximum atomic E-state index is 13.2. The summed E-state index contributed by atoms with van der Waals surface area (Å²) in [5.74, 6) is -0.321. The number of aliphatic hydroxyl groups excluding tert-OH is 1. The quantitative estimate of drug-likeness (QED) is 0.283. The van der Waals surface area contributed by atoms with Gasteiger partial charge in [0.15, 0.2) is 0 Å². The van der Waals surface area contributed by atoms with E-state index < -0.39 is 17.7 Å². The second-order valence-electron chi connectivity index (χ2n) is 8.69. The number of anilines is 1. The minimum Gasteiger partial charge on any atom is -0.508 e. The first-order valence-electron chi connectivity index (χ1n) is 11.3. The molecular weight excluding hydrogens is 446 g/mol. The smallest absolute Gasteiger partial charge is 0.300 e. The van der Waals surface area contributed by atoms with Gasteiger partial charge >= 0.3 is 0 Å². The summed E-state index contributed by atoms with van der Waals surface area (Å²) < 4.78 is 10.9. The lowest BCUT2D eigenvalue weighted by molar-refractivity contribution is -0.132. The molecule has 7 heteroatoms. The van der Waals surface area contributed by atoms with E-state index >= 15 is 0 Å². The summed E-state index contributed by atoms with van der Waals surface area (Å²) in [6.45, 7) is 4.65. The van der Waals surface area contributed by atoms with Crippen LogP contribution in [-0.2, 0) is 9.59 Å². The molecule has 1 saturated heterocycles. The van der Waals surface area contributed by atoms with E-state index in [0.29, 0.717) is 40.8 Å². The van der Waals surface area contributed by atoms with Gasteiger partial charge < -0.3 is 19.7 Å². The van der Waals surface area contributed by atoms with Crippen molar-refractivity contribution in [2.24, 2.45) is 5.92 Å². The molecule has 0 aromatic heterocycles. The molecule has 4 rings (SSSR count). The van der Waals surface area contributed by atoms with Crippen molar-refractivity contribution in [2.45, 2.75) is 19.9 Å². The number of phenolic OH excluding ortho intramolecular Hbond substituents is 1.